The van der Waals surface area contributed by atoms with E-state index in [1.165, 1.54) is 18.2 Å². The first-order valence-corrected chi connectivity index (χ1v) is 6.38. The van der Waals surface area contributed by atoms with E-state index in [2.05, 4.69) is 21.2 Å². The second-order valence-electron chi connectivity index (χ2n) is 3.82. The van der Waals surface area contributed by atoms with Gasteiger partial charge in [0, 0.05) is 12.6 Å². The van der Waals surface area contributed by atoms with Gasteiger partial charge in [-0.3, -0.25) is 4.79 Å². The van der Waals surface area contributed by atoms with Crippen molar-refractivity contribution in [2.24, 2.45) is 0 Å². The molecule has 3 nitrogen and oxygen atoms in total. The molecule has 0 saturated carbocycles. The first-order chi connectivity index (χ1) is 9.13. The lowest BCUT2D eigenvalue weighted by Gasteiger charge is -2.01. The number of furan rings is 1. The molecule has 0 saturated heterocycles. The molecule has 0 radical (unpaired) electrons. The quantitative estimate of drug-likeness (QED) is 0.875. The third-order valence-corrected chi connectivity index (χ3v) is 2.80. The Morgan fingerprint density at radius 1 is 1.26 bits per heavy atom. The van der Waals surface area contributed by atoms with Crippen LogP contribution < -0.4 is 5.32 Å². The second-order valence-corrected chi connectivity index (χ2v) is 4.60. The van der Waals surface area contributed by atoms with Crippen molar-refractivity contribution < 1.29 is 13.6 Å². The molecule has 98 valence electrons. The van der Waals surface area contributed by atoms with Gasteiger partial charge in [-0.15, -0.1) is 0 Å². The number of hydrogen-bond acceptors (Lipinski definition) is 2. The fourth-order valence-corrected chi connectivity index (χ4v) is 1.75. The maximum atomic E-state index is 12.7. The molecule has 1 aromatic carbocycles. The molecule has 1 N–H and O–H groups in total. The standard InChI is InChI=1S/C14H11BrFNO2/c15-13-7-5-12(19-13)6-8-14(18)17-9-10-1-3-11(16)4-2-10/h1-8H,9H2,(H,17,18)/b8-6+. The van der Waals surface area contributed by atoms with E-state index in [1.54, 1.807) is 30.3 Å². The second kappa shape index (κ2) is 6.33. The summed E-state index contributed by atoms with van der Waals surface area (Å²) in [6.07, 6.45) is 2.96. The van der Waals surface area contributed by atoms with Crippen molar-refractivity contribution in [1.29, 1.82) is 0 Å². The molecule has 1 heterocycles. The maximum Gasteiger partial charge on any atom is 0.244 e. The summed E-state index contributed by atoms with van der Waals surface area (Å²) in [5.74, 6) is 0.0547. The zero-order valence-corrected chi connectivity index (χ0v) is 11.5. The molecule has 0 unspecified atom stereocenters. The summed E-state index contributed by atoms with van der Waals surface area (Å²) in [6.45, 7) is 0.352. The Morgan fingerprint density at radius 3 is 2.63 bits per heavy atom. The summed E-state index contributed by atoms with van der Waals surface area (Å²) in [7, 11) is 0. The SMILES string of the molecule is O=C(/C=C/c1ccc(Br)o1)NCc1ccc(F)cc1. The monoisotopic (exact) mass is 323 g/mol. The Kier molecular flexibility index (Phi) is 4.52. The highest BCUT2D eigenvalue weighted by Crippen LogP contribution is 2.14. The van der Waals surface area contributed by atoms with Crippen LogP contribution in [0.25, 0.3) is 6.08 Å². The van der Waals surface area contributed by atoms with E-state index in [0.717, 1.165) is 5.56 Å². The number of halogens is 2. The average Bonchev–Trinajstić information content (AvgIpc) is 2.81. The van der Waals surface area contributed by atoms with Gasteiger partial charge >= 0.3 is 0 Å². The normalized spacial score (nSPS) is 10.8. The predicted molar refractivity (Wildman–Crippen MR) is 73.7 cm³/mol. The summed E-state index contributed by atoms with van der Waals surface area (Å²) in [5, 5.41) is 2.69. The molecule has 2 rings (SSSR count). The molecule has 0 aliphatic heterocycles. The molecule has 0 aliphatic carbocycles. The van der Waals surface area contributed by atoms with E-state index in [-0.39, 0.29) is 11.7 Å². The fourth-order valence-electron chi connectivity index (χ4n) is 1.43. The summed E-state index contributed by atoms with van der Waals surface area (Å²) in [5.41, 5.74) is 0.837. The number of nitrogens with one attached hydrogen (secondary N) is 1. The van der Waals surface area contributed by atoms with Crippen LogP contribution in [0, 0.1) is 5.82 Å². The minimum Gasteiger partial charge on any atom is -0.450 e. The van der Waals surface area contributed by atoms with Crippen molar-refractivity contribution in [1.82, 2.24) is 5.32 Å². The largest absolute Gasteiger partial charge is 0.450 e. The lowest BCUT2D eigenvalue weighted by atomic mass is 10.2. The zero-order chi connectivity index (χ0) is 13.7. The Balaban J connectivity index is 1.84. The van der Waals surface area contributed by atoms with Crippen LogP contribution in [-0.4, -0.2) is 5.91 Å². The van der Waals surface area contributed by atoms with Gasteiger partial charge in [-0.25, -0.2) is 4.39 Å². The lowest BCUT2D eigenvalue weighted by Crippen LogP contribution is -2.20. The lowest BCUT2D eigenvalue weighted by molar-refractivity contribution is -0.116. The molecule has 0 fully saturated rings. The smallest absolute Gasteiger partial charge is 0.244 e. The molecular weight excluding hydrogens is 313 g/mol. The van der Waals surface area contributed by atoms with Gasteiger partial charge in [-0.05, 0) is 51.8 Å². The molecule has 5 heteroatoms. The van der Waals surface area contributed by atoms with Crippen LogP contribution >= 0.6 is 15.9 Å². The Hall–Kier alpha value is -1.88. The average molecular weight is 324 g/mol. The third-order valence-electron chi connectivity index (χ3n) is 2.37. The van der Waals surface area contributed by atoms with Crippen molar-refractivity contribution in [3.8, 4) is 0 Å². The van der Waals surface area contributed by atoms with Crippen LogP contribution in [0.4, 0.5) is 4.39 Å². The van der Waals surface area contributed by atoms with Gasteiger partial charge in [0.05, 0.1) is 0 Å². The van der Waals surface area contributed by atoms with Crippen LogP contribution in [0.2, 0.25) is 0 Å². The van der Waals surface area contributed by atoms with Crippen LogP contribution in [0.1, 0.15) is 11.3 Å². The molecule has 0 bridgehead atoms. The van der Waals surface area contributed by atoms with E-state index in [9.17, 15) is 9.18 Å². The van der Waals surface area contributed by atoms with Gasteiger partial charge in [0.15, 0.2) is 4.67 Å². The fraction of sp³-hybridized carbons (Fsp3) is 0.0714. The molecule has 0 aliphatic rings. The van der Waals surface area contributed by atoms with E-state index in [1.807, 2.05) is 0 Å². The Morgan fingerprint density at radius 2 is 2.00 bits per heavy atom. The highest BCUT2D eigenvalue weighted by atomic mass is 79.9. The maximum absolute atomic E-state index is 12.7. The number of carbonyl (C=O) groups excluding carboxylic acids is 1. The highest BCUT2D eigenvalue weighted by Gasteiger charge is 1.99. The van der Waals surface area contributed by atoms with Gasteiger partial charge in [-0.2, -0.15) is 0 Å². The van der Waals surface area contributed by atoms with Gasteiger partial charge in [0.2, 0.25) is 5.91 Å². The topological polar surface area (TPSA) is 42.2 Å². The predicted octanol–water partition coefficient (Wildman–Crippen LogP) is 3.51. The summed E-state index contributed by atoms with van der Waals surface area (Å²) >= 11 is 3.17. The molecule has 0 spiro atoms. The molecule has 1 amide bonds. The number of benzene rings is 1. The Bertz CT molecular complexity index is 590. The minimum absolute atomic E-state index is 0.239. The first kappa shape index (κ1) is 13.5. The Labute approximate surface area is 118 Å². The third kappa shape index (κ3) is 4.37. The molecule has 0 atom stereocenters. The number of amides is 1. The van der Waals surface area contributed by atoms with Crippen molar-refractivity contribution >= 4 is 27.9 Å². The number of rotatable bonds is 4. The molecule has 2 aromatic rings. The van der Waals surface area contributed by atoms with Gasteiger partial charge in [0.1, 0.15) is 11.6 Å². The van der Waals surface area contributed by atoms with Gasteiger partial charge < -0.3 is 9.73 Å². The first-order valence-electron chi connectivity index (χ1n) is 5.59. The van der Waals surface area contributed by atoms with E-state index in [0.29, 0.717) is 17.0 Å². The van der Waals surface area contributed by atoms with E-state index >= 15 is 0 Å². The van der Waals surface area contributed by atoms with Crippen molar-refractivity contribution in [2.45, 2.75) is 6.54 Å². The summed E-state index contributed by atoms with van der Waals surface area (Å²) < 4.78 is 18.5. The number of carbonyl (C=O) groups is 1. The summed E-state index contributed by atoms with van der Waals surface area (Å²) in [4.78, 5) is 11.5. The van der Waals surface area contributed by atoms with Gasteiger partial charge in [-0.1, -0.05) is 12.1 Å². The highest BCUT2D eigenvalue weighted by molar-refractivity contribution is 9.10. The van der Waals surface area contributed by atoms with Gasteiger partial charge in [0.25, 0.3) is 0 Å². The van der Waals surface area contributed by atoms with E-state index in [4.69, 9.17) is 4.42 Å². The summed E-state index contributed by atoms with van der Waals surface area (Å²) in [6, 6.07) is 9.46. The zero-order valence-electron chi connectivity index (χ0n) is 9.90. The van der Waals surface area contributed by atoms with Crippen LogP contribution in [0.15, 0.2) is 51.6 Å². The van der Waals surface area contributed by atoms with Crippen LogP contribution in [0.5, 0.6) is 0 Å². The number of hydrogen-bond donors (Lipinski definition) is 1. The minimum atomic E-state index is -0.293. The van der Waals surface area contributed by atoms with Crippen molar-refractivity contribution in [3.63, 3.8) is 0 Å². The van der Waals surface area contributed by atoms with Crippen LogP contribution in [-0.2, 0) is 11.3 Å². The van der Waals surface area contributed by atoms with Crippen LogP contribution in [0.3, 0.4) is 0 Å². The van der Waals surface area contributed by atoms with Crippen molar-refractivity contribution in [2.75, 3.05) is 0 Å². The van der Waals surface area contributed by atoms with E-state index < -0.39 is 0 Å². The molecule has 19 heavy (non-hydrogen) atoms. The molecule has 1 aromatic heterocycles. The van der Waals surface area contributed by atoms with Crippen molar-refractivity contribution in [3.05, 3.63) is 64.3 Å². The molecular formula is C14H11BrFNO2.